The maximum atomic E-state index is 13.4. The quantitative estimate of drug-likeness (QED) is 0.466. The molecule has 0 bridgehead atoms. The zero-order chi connectivity index (χ0) is 23.8. The number of nitrogens with one attached hydrogen (secondary N) is 2. The Morgan fingerprint density at radius 1 is 1.06 bits per heavy atom. The Kier molecular flexibility index (Phi) is 8.07. The van der Waals surface area contributed by atoms with Crippen LogP contribution in [-0.4, -0.2) is 49.0 Å². The lowest BCUT2D eigenvalue weighted by Crippen LogP contribution is -2.33. The number of aryl methyl sites for hydroxylation is 1. The Morgan fingerprint density at radius 2 is 1.76 bits per heavy atom. The van der Waals surface area contributed by atoms with Crippen molar-refractivity contribution >= 4 is 21.4 Å². The SMILES string of the molecule is CNCC(=O)Nc1cnc(-c2ccc(F)cc2)n(CCS(=O)(=O)CCc2ccccc2)c1=O. The van der Waals surface area contributed by atoms with Gasteiger partial charge in [0.1, 0.15) is 17.3 Å². The van der Waals surface area contributed by atoms with Gasteiger partial charge in [0.15, 0.2) is 9.84 Å². The minimum absolute atomic E-state index is 0.00693. The first kappa shape index (κ1) is 24.3. The molecule has 0 saturated carbocycles. The van der Waals surface area contributed by atoms with Gasteiger partial charge >= 0.3 is 0 Å². The van der Waals surface area contributed by atoms with Gasteiger partial charge in [-0.2, -0.15) is 0 Å². The second-order valence-electron chi connectivity index (χ2n) is 7.43. The number of halogens is 1. The maximum absolute atomic E-state index is 13.4. The Labute approximate surface area is 191 Å². The zero-order valence-electron chi connectivity index (χ0n) is 18.1. The highest BCUT2D eigenvalue weighted by Gasteiger charge is 2.18. The van der Waals surface area contributed by atoms with Crippen LogP contribution in [-0.2, 0) is 27.6 Å². The molecule has 3 aromatic rings. The van der Waals surface area contributed by atoms with Gasteiger partial charge in [0.05, 0.1) is 24.2 Å². The van der Waals surface area contributed by atoms with Gasteiger partial charge < -0.3 is 10.6 Å². The van der Waals surface area contributed by atoms with E-state index >= 15 is 0 Å². The molecular weight excluding hydrogens is 447 g/mol. The van der Waals surface area contributed by atoms with Gasteiger partial charge in [0, 0.05) is 12.1 Å². The predicted octanol–water partition coefficient (Wildman–Crippen LogP) is 1.86. The van der Waals surface area contributed by atoms with Gasteiger partial charge in [-0.15, -0.1) is 0 Å². The van der Waals surface area contributed by atoms with Crippen LogP contribution in [0, 0.1) is 5.82 Å². The molecule has 0 spiro atoms. The summed E-state index contributed by atoms with van der Waals surface area (Å²) in [5.41, 5.74) is 0.694. The minimum Gasteiger partial charge on any atom is -0.319 e. The lowest BCUT2D eigenvalue weighted by atomic mass is 10.2. The Hall–Kier alpha value is -3.37. The van der Waals surface area contributed by atoms with E-state index < -0.39 is 27.1 Å². The van der Waals surface area contributed by atoms with E-state index in [0.29, 0.717) is 12.0 Å². The fraction of sp³-hybridized carbons (Fsp3) is 0.261. The molecular formula is C23H25FN4O4S. The number of nitrogens with zero attached hydrogens (tertiary/aromatic N) is 2. The third-order valence-corrected chi connectivity index (χ3v) is 6.56. The van der Waals surface area contributed by atoms with Crippen molar-refractivity contribution in [3.63, 3.8) is 0 Å². The van der Waals surface area contributed by atoms with E-state index in [2.05, 4.69) is 15.6 Å². The summed E-state index contributed by atoms with van der Waals surface area (Å²) < 4.78 is 39.9. The molecule has 1 heterocycles. The first-order valence-corrected chi connectivity index (χ1v) is 12.2. The number of carbonyl (C=O) groups is 1. The summed E-state index contributed by atoms with van der Waals surface area (Å²) in [5, 5.41) is 5.16. The molecule has 0 radical (unpaired) electrons. The van der Waals surface area contributed by atoms with Gasteiger partial charge in [0.2, 0.25) is 5.91 Å². The van der Waals surface area contributed by atoms with Crippen molar-refractivity contribution < 1.29 is 17.6 Å². The lowest BCUT2D eigenvalue weighted by molar-refractivity contribution is -0.115. The average molecular weight is 473 g/mol. The van der Waals surface area contributed by atoms with Gasteiger partial charge in [-0.3, -0.25) is 14.2 Å². The van der Waals surface area contributed by atoms with E-state index in [9.17, 15) is 22.4 Å². The van der Waals surface area contributed by atoms with Crippen LogP contribution in [0.5, 0.6) is 0 Å². The molecule has 10 heteroatoms. The summed E-state index contributed by atoms with van der Waals surface area (Å²) >= 11 is 0. The highest BCUT2D eigenvalue weighted by atomic mass is 32.2. The summed E-state index contributed by atoms with van der Waals surface area (Å²) in [6, 6.07) is 14.6. The van der Waals surface area contributed by atoms with Crippen LogP contribution in [0.15, 0.2) is 65.6 Å². The van der Waals surface area contributed by atoms with E-state index in [0.717, 1.165) is 5.56 Å². The number of rotatable bonds is 10. The smallest absolute Gasteiger partial charge is 0.277 e. The van der Waals surface area contributed by atoms with E-state index in [4.69, 9.17) is 0 Å². The van der Waals surface area contributed by atoms with Gasteiger partial charge in [0.25, 0.3) is 5.56 Å². The Morgan fingerprint density at radius 3 is 2.42 bits per heavy atom. The van der Waals surface area contributed by atoms with Crippen LogP contribution in [0.2, 0.25) is 0 Å². The molecule has 0 saturated heterocycles. The second-order valence-corrected chi connectivity index (χ2v) is 9.73. The largest absolute Gasteiger partial charge is 0.319 e. The molecule has 1 aromatic heterocycles. The number of aromatic nitrogens is 2. The maximum Gasteiger partial charge on any atom is 0.277 e. The molecule has 0 aliphatic heterocycles. The van der Waals surface area contributed by atoms with Gasteiger partial charge in [-0.1, -0.05) is 30.3 Å². The summed E-state index contributed by atoms with van der Waals surface area (Å²) in [6.07, 6.45) is 1.58. The van der Waals surface area contributed by atoms with Crippen molar-refractivity contribution in [1.29, 1.82) is 0 Å². The van der Waals surface area contributed by atoms with Crippen molar-refractivity contribution in [2.45, 2.75) is 13.0 Å². The molecule has 8 nitrogen and oxygen atoms in total. The van der Waals surface area contributed by atoms with E-state index in [-0.39, 0.29) is 36.1 Å². The van der Waals surface area contributed by atoms with Crippen LogP contribution < -0.4 is 16.2 Å². The summed E-state index contributed by atoms with van der Waals surface area (Å²) in [6.45, 7) is -0.168. The monoisotopic (exact) mass is 472 g/mol. The fourth-order valence-corrected chi connectivity index (χ4v) is 4.43. The molecule has 0 aliphatic carbocycles. The van der Waals surface area contributed by atoms with Crippen molar-refractivity contribution in [1.82, 2.24) is 14.9 Å². The summed E-state index contributed by atoms with van der Waals surface area (Å²) in [4.78, 5) is 29.3. The number of benzene rings is 2. The van der Waals surface area contributed by atoms with E-state index in [1.54, 1.807) is 7.05 Å². The lowest BCUT2D eigenvalue weighted by Gasteiger charge is -2.15. The third kappa shape index (κ3) is 6.80. The van der Waals surface area contributed by atoms with Crippen LogP contribution in [0.25, 0.3) is 11.4 Å². The normalized spacial score (nSPS) is 11.3. The molecule has 3 rings (SSSR count). The molecule has 0 fully saturated rings. The van der Waals surface area contributed by atoms with Crippen molar-refractivity contribution in [3.8, 4) is 11.4 Å². The molecule has 0 unspecified atom stereocenters. The molecule has 33 heavy (non-hydrogen) atoms. The average Bonchev–Trinajstić information content (AvgIpc) is 2.80. The predicted molar refractivity (Wildman–Crippen MR) is 125 cm³/mol. The van der Waals surface area contributed by atoms with Crippen LogP contribution in [0.1, 0.15) is 5.56 Å². The fourth-order valence-electron chi connectivity index (χ4n) is 3.22. The van der Waals surface area contributed by atoms with Crippen LogP contribution in [0.4, 0.5) is 10.1 Å². The van der Waals surface area contributed by atoms with E-state index in [1.165, 1.54) is 35.0 Å². The molecule has 0 atom stereocenters. The number of sulfone groups is 1. The number of hydrogen-bond donors (Lipinski definition) is 2. The minimum atomic E-state index is -3.49. The molecule has 1 amide bonds. The Bertz CT molecular complexity index is 1260. The topological polar surface area (TPSA) is 110 Å². The highest BCUT2D eigenvalue weighted by Crippen LogP contribution is 2.18. The molecule has 174 valence electrons. The van der Waals surface area contributed by atoms with Crippen molar-refractivity contribution in [2.24, 2.45) is 0 Å². The van der Waals surface area contributed by atoms with Crippen molar-refractivity contribution in [3.05, 3.63) is 82.5 Å². The Balaban J connectivity index is 1.87. The first-order chi connectivity index (χ1) is 15.8. The third-order valence-electron chi connectivity index (χ3n) is 4.93. The van der Waals surface area contributed by atoms with Crippen molar-refractivity contribution in [2.75, 3.05) is 30.4 Å². The summed E-state index contributed by atoms with van der Waals surface area (Å²) in [7, 11) is -1.90. The molecule has 0 aliphatic rings. The number of anilines is 1. The number of amides is 1. The van der Waals surface area contributed by atoms with Crippen LogP contribution >= 0.6 is 0 Å². The second kappa shape index (κ2) is 11.0. The van der Waals surface area contributed by atoms with Gasteiger partial charge in [-0.25, -0.2) is 17.8 Å². The number of carbonyl (C=O) groups excluding carboxylic acids is 1. The number of likely N-dealkylation sites (N-methyl/N-ethyl adjacent to an activating group) is 1. The molecule has 2 aromatic carbocycles. The molecule has 2 N–H and O–H groups in total. The number of hydrogen-bond acceptors (Lipinski definition) is 6. The standard InChI is InChI=1S/C23H25FN4O4S/c1-25-16-21(29)27-20-15-26-22(18-7-9-19(24)10-8-18)28(23(20)30)12-14-33(31,32)13-11-17-5-3-2-4-6-17/h2-10,15,25H,11-14,16H2,1H3,(H,27,29). The first-order valence-electron chi connectivity index (χ1n) is 10.3. The van der Waals surface area contributed by atoms with Gasteiger partial charge in [-0.05, 0) is 43.3 Å². The van der Waals surface area contributed by atoms with Crippen LogP contribution in [0.3, 0.4) is 0 Å². The zero-order valence-corrected chi connectivity index (χ0v) is 18.9. The highest BCUT2D eigenvalue weighted by molar-refractivity contribution is 7.91. The van der Waals surface area contributed by atoms with E-state index in [1.807, 2.05) is 30.3 Å². The summed E-state index contributed by atoms with van der Waals surface area (Å²) in [5.74, 6) is -1.06.